The molecule has 2 rings (SSSR count). The summed E-state index contributed by atoms with van der Waals surface area (Å²) in [5.74, 6) is -1.02. The van der Waals surface area contributed by atoms with E-state index in [1.165, 1.54) is 12.1 Å². The predicted molar refractivity (Wildman–Crippen MR) is 109 cm³/mol. The largest absolute Gasteiger partial charge is 0.503 e. The van der Waals surface area contributed by atoms with Crippen LogP contribution in [0.5, 0.6) is 11.5 Å². The second-order valence-electron chi connectivity index (χ2n) is 5.58. The van der Waals surface area contributed by atoms with Gasteiger partial charge in [-0.3, -0.25) is 0 Å². The summed E-state index contributed by atoms with van der Waals surface area (Å²) in [7, 11) is 0. The number of ether oxygens (including phenoxy) is 2. The zero-order chi connectivity index (χ0) is 22.9. The fourth-order valence-corrected chi connectivity index (χ4v) is 1.96. The van der Waals surface area contributed by atoms with Crippen molar-refractivity contribution < 1.29 is 44.3 Å². The minimum absolute atomic E-state index is 0.218. The average Bonchev–Trinajstić information content (AvgIpc) is 2.71. The van der Waals surface area contributed by atoms with Crippen molar-refractivity contribution in [2.75, 3.05) is 13.2 Å². The van der Waals surface area contributed by atoms with Crippen molar-refractivity contribution in [3.8, 4) is 11.5 Å². The van der Waals surface area contributed by atoms with Crippen molar-refractivity contribution in [3.05, 3.63) is 59.7 Å². The van der Waals surface area contributed by atoms with Gasteiger partial charge in [0.05, 0.1) is 13.2 Å². The minimum atomic E-state index is -1.83. The molecule has 0 bridgehead atoms. The van der Waals surface area contributed by atoms with Crippen LogP contribution in [0.25, 0.3) is 0 Å². The number of benzene rings is 2. The van der Waals surface area contributed by atoms with Gasteiger partial charge in [0.2, 0.25) is 0 Å². The van der Waals surface area contributed by atoms with Gasteiger partial charge in [-0.2, -0.15) is 0 Å². The van der Waals surface area contributed by atoms with Gasteiger partial charge in [0.1, 0.15) is 22.6 Å². The normalized spacial score (nSPS) is 9.13. The number of rotatable bonds is 8. The molecule has 0 aliphatic carbocycles. The third kappa shape index (κ3) is 11.2. The summed E-state index contributed by atoms with van der Waals surface area (Å²) in [6.07, 6.45) is -0.0953. The SMILES string of the molecule is CCCOc1ccccc1C(=O)O.CCCOc1ccccc1C(=O)O.O=C(O)O. The molecule has 2 aromatic rings. The van der Waals surface area contributed by atoms with E-state index in [0.717, 1.165) is 12.8 Å². The molecule has 9 nitrogen and oxygen atoms in total. The Morgan fingerprint density at radius 2 is 0.967 bits per heavy atom. The van der Waals surface area contributed by atoms with Crippen molar-refractivity contribution >= 4 is 18.1 Å². The lowest BCUT2D eigenvalue weighted by Crippen LogP contribution is -2.03. The standard InChI is InChI=1S/2C10H12O3.CH2O3/c2*1-2-7-13-9-6-4-3-5-8(9)10(11)12;2-1(3)4/h2*3-6H,2,7H2,1H3,(H,11,12);(H2,2,3,4). The summed E-state index contributed by atoms with van der Waals surface area (Å²) in [5.41, 5.74) is 0.437. The summed E-state index contributed by atoms with van der Waals surface area (Å²) in [4.78, 5) is 30.0. The Morgan fingerprint density at radius 1 is 0.667 bits per heavy atom. The molecule has 0 heterocycles. The number of hydrogen-bond acceptors (Lipinski definition) is 5. The first-order valence-corrected chi connectivity index (χ1v) is 9.06. The Labute approximate surface area is 174 Å². The van der Waals surface area contributed by atoms with E-state index in [9.17, 15) is 9.59 Å². The van der Waals surface area contributed by atoms with Crippen LogP contribution in [0.15, 0.2) is 48.5 Å². The summed E-state index contributed by atoms with van der Waals surface area (Å²) in [6, 6.07) is 13.3. The van der Waals surface area contributed by atoms with Crippen LogP contribution in [0.3, 0.4) is 0 Å². The Kier molecular flexibility index (Phi) is 13.3. The minimum Gasteiger partial charge on any atom is -0.493 e. The van der Waals surface area contributed by atoms with Crippen molar-refractivity contribution in [2.45, 2.75) is 26.7 Å². The Morgan fingerprint density at radius 3 is 1.23 bits per heavy atom. The van der Waals surface area contributed by atoms with E-state index in [0.29, 0.717) is 24.7 Å². The van der Waals surface area contributed by atoms with Crippen LogP contribution < -0.4 is 9.47 Å². The Balaban J connectivity index is 0.000000477. The highest BCUT2D eigenvalue weighted by atomic mass is 16.6. The molecule has 0 fully saturated rings. The molecule has 0 saturated carbocycles. The first-order chi connectivity index (χ1) is 14.2. The van der Waals surface area contributed by atoms with Gasteiger partial charge in [-0.25, -0.2) is 14.4 Å². The molecular formula is C21H26O9. The molecule has 0 saturated heterocycles. The van der Waals surface area contributed by atoms with Crippen LogP contribution in [-0.4, -0.2) is 51.7 Å². The zero-order valence-corrected chi connectivity index (χ0v) is 16.8. The maximum absolute atomic E-state index is 10.7. The van der Waals surface area contributed by atoms with Gasteiger partial charge in [-0.1, -0.05) is 38.1 Å². The summed E-state index contributed by atoms with van der Waals surface area (Å²) < 4.78 is 10.5. The second kappa shape index (κ2) is 15.2. The predicted octanol–water partition coefficient (Wildman–Crippen LogP) is 4.57. The van der Waals surface area contributed by atoms with Gasteiger partial charge in [-0.15, -0.1) is 0 Å². The fraction of sp³-hybridized carbons (Fsp3) is 0.286. The van der Waals surface area contributed by atoms with E-state index in [-0.39, 0.29) is 11.1 Å². The van der Waals surface area contributed by atoms with E-state index < -0.39 is 18.1 Å². The van der Waals surface area contributed by atoms with E-state index in [2.05, 4.69) is 0 Å². The monoisotopic (exact) mass is 422 g/mol. The lowest BCUT2D eigenvalue weighted by molar-refractivity contribution is 0.0681. The smallest absolute Gasteiger partial charge is 0.493 e. The highest BCUT2D eigenvalue weighted by Crippen LogP contribution is 2.18. The van der Waals surface area contributed by atoms with Crippen LogP contribution in [0.2, 0.25) is 0 Å². The Hall–Kier alpha value is -3.75. The average molecular weight is 422 g/mol. The number of carboxylic acid groups (broad SMARTS) is 4. The Bertz CT molecular complexity index is 737. The molecule has 0 radical (unpaired) electrons. The van der Waals surface area contributed by atoms with E-state index in [4.69, 9.17) is 34.7 Å². The molecule has 0 aliphatic rings. The van der Waals surface area contributed by atoms with E-state index >= 15 is 0 Å². The lowest BCUT2D eigenvalue weighted by atomic mass is 10.2. The van der Waals surface area contributed by atoms with Crippen LogP contribution in [0, 0.1) is 0 Å². The maximum atomic E-state index is 10.7. The van der Waals surface area contributed by atoms with E-state index in [1.54, 1.807) is 36.4 Å². The molecule has 9 heteroatoms. The van der Waals surface area contributed by atoms with Crippen molar-refractivity contribution in [3.63, 3.8) is 0 Å². The summed E-state index contributed by atoms with van der Waals surface area (Å²) in [6.45, 7) is 5.04. The summed E-state index contributed by atoms with van der Waals surface area (Å²) >= 11 is 0. The molecule has 0 atom stereocenters. The van der Waals surface area contributed by atoms with Gasteiger partial charge in [0.25, 0.3) is 0 Å². The molecule has 0 aliphatic heterocycles. The second-order valence-corrected chi connectivity index (χ2v) is 5.58. The zero-order valence-electron chi connectivity index (χ0n) is 16.8. The van der Waals surface area contributed by atoms with Crippen molar-refractivity contribution in [1.29, 1.82) is 0 Å². The molecule has 0 unspecified atom stereocenters. The van der Waals surface area contributed by atoms with Crippen LogP contribution >= 0.6 is 0 Å². The number of carbonyl (C=O) groups is 3. The highest BCUT2D eigenvalue weighted by Gasteiger charge is 2.09. The van der Waals surface area contributed by atoms with E-state index in [1.807, 2.05) is 13.8 Å². The fourth-order valence-electron chi connectivity index (χ4n) is 1.96. The van der Waals surface area contributed by atoms with Crippen LogP contribution in [0.1, 0.15) is 47.4 Å². The maximum Gasteiger partial charge on any atom is 0.503 e. The van der Waals surface area contributed by atoms with Gasteiger partial charge in [-0.05, 0) is 37.1 Å². The number of aromatic carboxylic acids is 2. The van der Waals surface area contributed by atoms with Crippen LogP contribution in [-0.2, 0) is 0 Å². The molecule has 0 aromatic heterocycles. The summed E-state index contributed by atoms with van der Waals surface area (Å²) in [5, 5.41) is 31.5. The number of para-hydroxylation sites is 2. The van der Waals surface area contributed by atoms with Gasteiger partial charge < -0.3 is 29.9 Å². The molecule has 2 aromatic carbocycles. The van der Waals surface area contributed by atoms with Gasteiger partial charge >= 0.3 is 18.1 Å². The first kappa shape index (κ1) is 26.2. The third-order valence-corrected chi connectivity index (χ3v) is 3.16. The van der Waals surface area contributed by atoms with Crippen LogP contribution in [0.4, 0.5) is 4.79 Å². The molecular weight excluding hydrogens is 396 g/mol. The van der Waals surface area contributed by atoms with Gasteiger partial charge in [0, 0.05) is 0 Å². The number of hydrogen-bond donors (Lipinski definition) is 4. The first-order valence-electron chi connectivity index (χ1n) is 9.06. The van der Waals surface area contributed by atoms with Gasteiger partial charge in [0.15, 0.2) is 0 Å². The highest BCUT2D eigenvalue weighted by molar-refractivity contribution is 5.91. The molecule has 164 valence electrons. The third-order valence-electron chi connectivity index (χ3n) is 3.16. The molecule has 0 amide bonds. The van der Waals surface area contributed by atoms with Crippen molar-refractivity contribution in [2.24, 2.45) is 0 Å². The lowest BCUT2D eigenvalue weighted by Gasteiger charge is -2.06. The quantitative estimate of drug-likeness (QED) is 0.479. The molecule has 30 heavy (non-hydrogen) atoms. The molecule has 4 N–H and O–H groups in total. The topological polar surface area (TPSA) is 151 Å². The molecule has 0 spiro atoms. The number of carboxylic acids is 2. The van der Waals surface area contributed by atoms with Crippen molar-refractivity contribution in [1.82, 2.24) is 0 Å².